The van der Waals surface area contributed by atoms with E-state index in [-0.39, 0.29) is 25.1 Å². The first-order valence-corrected chi connectivity index (χ1v) is 6.65. The Bertz CT molecular complexity index is 280. The lowest BCUT2D eigenvalue weighted by Crippen LogP contribution is -2.34. The van der Waals surface area contributed by atoms with E-state index in [4.69, 9.17) is 5.26 Å². The van der Waals surface area contributed by atoms with Crippen LogP contribution < -0.4 is 0 Å². The van der Waals surface area contributed by atoms with E-state index in [9.17, 15) is 9.46 Å². The molecule has 0 aliphatic heterocycles. The van der Waals surface area contributed by atoms with Crippen LogP contribution in [0, 0.1) is 11.3 Å². The molecule has 7 heteroatoms. The molecule has 6 nitrogen and oxygen atoms in total. The van der Waals surface area contributed by atoms with E-state index >= 15 is 0 Å². The summed E-state index contributed by atoms with van der Waals surface area (Å²) in [7, 11) is -3.95. The monoisotopic (exact) mass is 250 g/mol. The van der Waals surface area contributed by atoms with E-state index in [0.717, 1.165) is 0 Å². The van der Waals surface area contributed by atoms with Gasteiger partial charge in [-0.1, -0.05) is 0 Å². The van der Waals surface area contributed by atoms with E-state index in [1.54, 1.807) is 27.7 Å². The summed E-state index contributed by atoms with van der Waals surface area (Å²) in [5, 5.41) is 8.25. The van der Waals surface area contributed by atoms with Crippen molar-refractivity contribution < 1.29 is 19.0 Å². The highest BCUT2D eigenvalue weighted by molar-refractivity contribution is 7.50. The highest BCUT2D eigenvalue weighted by Crippen LogP contribution is 2.49. The fourth-order valence-electron chi connectivity index (χ4n) is 1.41. The van der Waals surface area contributed by atoms with Crippen LogP contribution in [0.15, 0.2) is 0 Å². The molecular weight excluding hydrogens is 231 g/mol. The van der Waals surface area contributed by atoms with Gasteiger partial charge in [0.2, 0.25) is 0 Å². The predicted molar refractivity (Wildman–Crippen MR) is 59.2 cm³/mol. The van der Waals surface area contributed by atoms with Gasteiger partial charge in [-0.05, 0) is 27.7 Å². The molecule has 0 aliphatic carbocycles. The highest BCUT2D eigenvalue weighted by atomic mass is 31.2. The van der Waals surface area contributed by atoms with Gasteiger partial charge in [-0.25, -0.2) is 14.1 Å². The van der Waals surface area contributed by atoms with E-state index in [0.29, 0.717) is 0 Å². The molecule has 1 unspecified atom stereocenters. The van der Waals surface area contributed by atoms with Gasteiger partial charge >= 0.3 is 7.75 Å². The van der Waals surface area contributed by atoms with Gasteiger partial charge in [-0.15, -0.1) is 4.67 Å². The second-order valence-corrected chi connectivity index (χ2v) is 5.45. The van der Waals surface area contributed by atoms with Crippen LogP contribution in [0.5, 0.6) is 0 Å². The van der Waals surface area contributed by atoms with Crippen molar-refractivity contribution in [3.8, 4) is 6.07 Å². The summed E-state index contributed by atoms with van der Waals surface area (Å²) in [4.78, 5) is 14.2. The van der Waals surface area contributed by atoms with Crippen LogP contribution in [0.4, 0.5) is 0 Å². The first-order valence-electron chi connectivity index (χ1n) is 5.12. The largest absolute Gasteiger partial charge is 0.433 e. The molecule has 1 atom stereocenters. The van der Waals surface area contributed by atoms with Crippen LogP contribution in [0.25, 0.3) is 0 Å². The lowest BCUT2D eigenvalue weighted by Gasteiger charge is -2.31. The fourth-order valence-corrected chi connectivity index (χ4v) is 2.87. The Morgan fingerprint density at radius 1 is 1.38 bits per heavy atom. The van der Waals surface area contributed by atoms with Crippen LogP contribution in [-0.4, -0.2) is 28.3 Å². The second kappa shape index (κ2) is 7.00. The molecule has 0 heterocycles. The Morgan fingerprint density at radius 3 is 2.25 bits per heavy atom. The van der Waals surface area contributed by atoms with Crippen LogP contribution in [0.2, 0.25) is 0 Å². The van der Waals surface area contributed by atoms with E-state index < -0.39 is 7.75 Å². The number of hydrogen-bond donors (Lipinski definition) is 1. The van der Waals surface area contributed by atoms with Gasteiger partial charge in [0.15, 0.2) is 0 Å². The molecule has 0 aromatic heterocycles. The molecule has 0 rings (SSSR count). The minimum absolute atomic E-state index is 0.0227. The Kier molecular flexibility index (Phi) is 6.81. The Hall–Kier alpha value is -0.440. The first-order chi connectivity index (χ1) is 7.33. The summed E-state index contributed by atoms with van der Waals surface area (Å²) in [6.07, 6.45) is 0.114. The van der Waals surface area contributed by atoms with Gasteiger partial charge in [0.25, 0.3) is 0 Å². The average molecular weight is 250 g/mol. The molecule has 16 heavy (non-hydrogen) atoms. The van der Waals surface area contributed by atoms with Gasteiger partial charge in [-0.3, -0.25) is 0 Å². The Balaban J connectivity index is 4.38. The third-order valence-electron chi connectivity index (χ3n) is 1.80. The van der Waals surface area contributed by atoms with Crippen LogP contribution in [-0.2, 0) is 14.1 Å². The maximum Gasteiger partial charge on any atom is 0.433 e. The van der Waals surface area contributed by atoms with Gasteiger partial charge in [0, 0.05) is 12.1 Å². The predicted octanol–water partition coefficient (Wildman–Crippen LogP) is 2.07. The number of nitriles is 1. The van der Waals surface area contributed by atoms with Crippen molar-refractivity contribution >= 4 is 7.75 Å². The Labute approximate surface area is 96.3 Å². The summed E-state index contributed by atoms with van der Waals surface area (Å²) < 4.78 is 17.6. The third-order valence-corrected chi connectivity index (χ3v) is 3.60. The van der Waals surface area contributed by atoms with Crippen molar-refractivity contribution in [2.45, 2.75) is 46.2 Å². The molecule has 0 aromatic carbocycles. The molecule has 0 aromatic rings. The molecule has 0 saturated carbocycles. The number of rotatable bonds is 7. The SMILES string of the molecule is CC(C)N(C(C)C)P(=O)(O)OOCCC#N. The lowest BCUT2D eigenvalue weighted by molar-refractivity contribution is -0.218. The fraction of sp³-hybridized carbons (Fsp3) is 0.889. The molecule has 0 bridgehead atoms. The Morgan fingerprint density at radius 2 is 1.88 bits per heavy atom. The zero-order valence-corrected chi connectivity index (χ0v) is 11.0. The average Bonchev–Trinajstić information content (AvgIpc) is 2.10. The van der Waals surface area contributed by atoms with Crippen molar-refractivity contribution in [1.29, 1.82) is 5.26 Å². The van der Waals surface area contributed by atoms with Crippen molar-refractivity contribution in [3.63, 3.8) is 0 Å². The zero-order valence-electron chi connectivity index (χ0n) is 10.1. The molecule has 0 saturated heterocycles. The topological polar surface area (TPSA) is 82.8 Å². The molecule has 0 spiro atoms. The molecule has 0 aliphatic rings. The van der Waals surface area contributed by atoms with E-state index in [2.05, 4.69) is 9.56 Å². The van der Waals surface area contributed by atoms with Crippen LogP contribution in [0.1, 0.15) is 34.1 Å². The normalized spacial score (nSPS) is 15.4. The van der Waals surface area contributed by atoms with Gasteiger partial charge < -0.3 is 4.89 Å². The minimum atomic E-state index is -3.95. The van der Waals surface area contributed by atoms with Gasteiger partial charge in [0.05, 0.1) is 19.1 Å². The van der Waals surface area contributed by atoms with Crippen LogP contribution in [0.3, 0.4) is 0 Å². The molecular formula is C9H19N2O4P. The molecule has 0 amide bonds. The quantitative estimate of drug-likeness (QED) is 0.322. The third kappa shape index (κ3) is 5.06. The maximum atomic E-state index is 11.8. The lowest BCUT2D eigenvalue weighted by atomic mass is 10.3. The maximum absolute atomic E-state index is 11.8. The number of nitrogens with zero attached hydrogens (tertiary/aromatic N) is 2. The van der Waals surface area contributed by atoms with E-state index in [1.807, 2.05) is 6.07 Å². The first kappa shape index (κ1) is 15.6. The van der Waals surface area contributed by atoms with Crippen molar-refractivity contribution in [3.05, 3.63) is 0 Å². The molecule has 0 radical (unpaired) electrons. The van der Waals surface area contributed by atoms with Crippen LogP contribution >= 0.6 is 7.75 Å². The summed E-state index contributed by atoms with van der Waals surface area (Å²) >= 11 is 0. The van der Waals surface area contributed by atoms with Crippen molar-refractivity contribution in [2.75, 3.05) is 6.61 Å². The second-order valence-electron chi connectivity index (χ2n) is 3.86. The van der Waals surface area contributed by atoms with Gasteiger partial charge in [-0.2, -0.15) is 5.26 Å². The highest BCUT2D eigenvalue weighted by Gasteiger charge is 2.35. The molecule has 0 fully saturated rings. The van der Waals surface area contributed by atoms with E-state index in [1.165, 1.54) is 4.67 Å². The standard InChI is InChI=1S/C9H19N2O4P/c1-8(2)11(9(3)4)16(12,13)15-14-7-5-6-10/h8-9H,5,7H2,1-4H3,(H,12,13). The van der Waals surface area contributed by atoms with Crippen molar-refractivity contribution in [2.24, 2.45) is 0 Å². The summed E-state index contributed by atoms with van der Waals surface area (Å²) in [6, 6.07) is 1.55. The molecule has 94 valence electrons. The van der Waals surface area contributed by atoms with Crippen molar-refractivity contribution in [1.82, 2.24) is 4.67 Å². The smallest absolute Gasteiger partial charge is 0.311 e. The minimum Gasteiger partial charge on any atom is -0.311 e. The summed E-state index contributed by atoms with van der Waals surface area (Å²) in [5.74, 6) is 0. The zero-order chi connectivity index (χ0) is 12.8. The molecule has 1 N–H and O–H groups in total. The number of hydrogen-bond acceptors (Lipinski definition) is 4. The summed E-state index contributed by atoms with van der Waals surface area (Å²) in [5.41, 5.74) is 0. The van der Waals surface area contributed by atoms with Gasteiger partial charge in [0.1, 0.15) is 0 Å². The summed E-state index contributed by atoms with van der Waals surface area (Å²) in [6.45, 7) is 7.15.